The van der Waals surface area contributed by atoms with Crippen LogP contribution in [0.5, 0.6) is 0 Å². The number of carbonyl (C=O) groups excluding carboxylic acids is 1. The summed E-state index contributed by atoms with van der Waals surface area (Å²) in [7, 11) is 0. The fraction of sp³-hybridized carbons (Fsp3) is 0.684. The maximum atomic E-state index is 12.3. The minimum atomic E-state index is 0. The van der Waals surface area contributed by atoms with Gasteiger partial charge in [0.25, 0.3) is 0 Å². The highest BCUT2D eigenvalue weighted by Crippen LogP contribution is 2.25. The van der Waals surface area contributed by atoms with Gasteiger partial charge in [-0.2, -0.15) is 0 Å². The first-order valence-corrected chi connectivity index (χ1v) is 10.8. The molecule has 1 aromatic heterocycles. The van der Waals surface area contributed by atoms with Gasteiger partial charge in [0, 0.05) is 44.1 Å². The van der Waals surface area contributed by atoms with Gasteiger partial charge >= 0.3 is 0 Å². The standard InChI is InChI=1S/C19H31N5O2S.HI/c1-2-20-19(22-15-18(25)24-7-3-4-8-24)21-14-16(17-6-5-13-27-17)23-9-11-26-12-10-23;/h5-6,13,16H,2-4,7-12,14-15H2,1H3,(H2,20,21,22);1H. The molecule has 2 N–H and O–H groups in total. The van der Waals surface area contributed by atoms with Gasteiger partial charge in [-0.25, -0.2) is 4.99 Å². The van der Waals surface area contributed by atoms with Gasteiger partial charge < -0.3 is 20.3 Å². The Morgan fingerprint density at radius 3 is 2.64 bits per heavy atom. The first-order valence-electron chi connectivity index (χ1n) is 9.93. The molecule has 2 fully saturated rings. The van der Waals surface area contributed by atoms with Crippen molar-refractivity contribution in [2.24, 2.45) is 4.99 Å². The minimum absolute atomic E-state index is 0. The molecule has 1 aromatic rings. The smallest absolute Gasteiger partial charge is 0.244 e. The van der Waals surface area contributed by atoms with Gasteiger partial charge in [0.2, 0.25) is 5.91 Å². The zero-order valence-corrected chi connectivity index (χ0v) is 19.7. The number of amides is 1. The molecule has 2 aliphatic rings. The Balaban J connectivity index is 0.00000280. The van der Waals surface area contributed by atoms with E-state index in [0.717, 1.165) is 65.3 Å². The number of thiophene rings is 1. The second-order valence-electron chi connectivity index (χ2n) is 6.84. The molecule has 2 saturated heterocycles. The summed E-state index contributed by atoms with van der Waals surface area (Å²) in [5.74, 6) is 0.826. The number of nitrogens with one attached hydrogen (secondary N) is 2. The molecule has 1 atom stereocenters. The molecule has 0 spiro atoms. The Hall–Kier alpha value is -0.910. The van der Waals surface area contributed by atoms with Crippen LogP contribution in [-0.4, -0.2) is 80.7 Å². The SMILES string of the molecule is CCNC(=NCC(=O)N1CCCC1)NCC(c1cccs1)N1CCOCC1.I. The normalized spacial score (nSPS) is 19.2. The Morgan fingerprint density at radius 2 is 2.00 bits per heavy atom. The van der Waals surface area contributed by atoms with Crippen molar-refractivity contribution in [2.75, 3.05) is 59.0 Å². The lowest BCUT2D eigenvalue weighted by Gasteiger charge is -2.34. The van der Waals surface area contributed by atoms with Crippen molar-refractivity contribution in [3.8, 4) is 0 Å². The summed E-state index contributed by atoms with van der Waals surface area (Å²) in [5, 5.41) is 8.83. The van der Waals surface area contributed by atoms with Crippen molar-refractivity contribution < 1.29 is 9.53 Å². The van der Waals surface area contributed by atoms with Crippen LogP contribution in [0.25, 0.3) is 0 Å². The number of morpholine rings is 1. The molecule has 0 aliphatic carbocycles. The van der Waals surface area contributed by atoms with Crippen LogP contribution in [0, 0.1) is 0 Å². The minimum Gasteiger partial charge on any atom is -0.379 e. The van der Waals surface area contributed by atoms with Crippen LogP contribution in [0.4, 0.5) is 0 Å². The summed E-state index contributed by atoms with van der Waals surface area (Å²) in [5.41, 5.74) is 0. The van der Waals surface area contributed by atoms with Gasteiger partial charge in [0.1, 0.15) is 6.54 Å². The molecule has 1 amide bonds. The van der Waals surface area contributed by atoms with Gasteiger partial charge in [-0.15, -0.1) is 35.3 Å². The topological polar surface area (TPSA) is 69.2 Å². The summed E-state index contributed by atoms with van der Waals surface area (Å²) in [4.78, 5) is 22.5. The quantitative estimate of drug-likeness (QED) is 0.326. The number of hydrogen-bond acceptors (Lipinski definition) is 5. The Labute approximate surface area is 188 Å². The maximum absolute atomic E-state index is 12.3. The number of guanidine groups is 1. The van der Waals surface area contributed by atoms with Crippen LogP contribution < -0.4 is 10.6 Å². The molecule has 3 rings (SSSR count). The molecular formula is C19H32IN5O2S. The Kier molecular flexibility index (Phi) is 10.5. The highest BCUT2D eigenvalue weighted by atomic mass is 127. The van der Waals surface area contributed by atoms with Gasteiger partial charge in [0.15, 0.2) is 5.96 Å². The van der Waals surface area contributed by atoms with Gasteiger partial charge in [-0.3, -0.25) is 9.69 Å². The number of hydrogen-bond donors (Lipinski definition) is 2. The highest BCUT2D eigenvalue weighted by Gasteiger charge is 2.24. The second-order valence-corrected chi connectivity index (χ2v) is 7.82. The molecule has 158 valence electrons. The molecule has 2 aliphatic heterocycles. The fourth-order valence-corrected chi connectivity index (χ4v) is 4.39. The molecule has 3 heterocycles. The fourth-order valence-electron chi connectivity index (χ4n) is 3.53. The number of carbonyl (C=O) groups is 1. The first-order chi connectivity index (χ1) is 13.3. The molecule has 7 nitrogen and oxygen atoms in total. The summed E-state index contributed by atoms with van der Waals surface area (Å²) in [6, 6.07) is 4.57. The molecule has 9 heteroatoms. The van der Waals surface area contributed by atoms with E-state index in [9.17, 15) is 4.79 Å². The van der Waals surface area contributed by atoms with Crippen LogP contribution in [-0.2, 0) is 9.53 Å². The van der Waals surface area contributed by atoms with Crippen molar-refractivity contribution in [1.82, 2.24) is 20.4 Å². The van der Waals surface area contributed by atoms with E-state index in [4.69, 9.17) is 4.74 Å². The molecule has 0 radical (unpaired) electrons. The highest BCUT2D eigenvalue weighted by molar-refractivity contribution is 14.0. The number of likely N-dealkylation sites (tertiary alicyclic amines) is 1. The van der Waals surface area contributed by atoms with E-state index in [2.05, 4.69) is 38.0 Å². The maximum Gasteiger partial charge on any atom is 0.244 e. The van der Waals surface area contributed by atoms with Crippen molar-refractivity contribution in [3.63, 3.8) is 0 Å². The van der Waals surface area contributed by atoms with Crippen molar-refractivity contribution >= 4 is 47.2 Å². The van der Waals surface area contributed by atoms with E-state index < -0.39 is 0 Å². The predicted molar refractivity (Wildman–Crippen MR) is 125 cm³/mol. The van der Waals surface area contributed by atoms with E-state index in [0.29, 0.717) is 5.96 Å². The number of rotatable bonds is 7. The van der Waals surface area contributed by atoms with Crippen molar-refractivity contribution in [2.45, 2.75) is 25.8 Å². The molecule has 28 heavy (non-hydrogen) atoms. The van der Waals surface area contributed by atoms with Crippen molar-refractivity contribution in [1.29, 1.82) is 0 Å². The van der Waals surface area contributed by atoms with E-state index in [1.165, 1.54) is 4.88 Å². The lowest BCUT2D eigenvalue weighted by Crippen LogP contribution is -2.46. The van der Waals surface area contributed by atoms with E-state index in [-0.39, 0.29) is 42.5 Å². The second kappa shape index (κ2) is 12.6. The lowest BCUT2D eigenvalue weighted by molar-refractivity contribution is -0.128. The summed E-state index contributed by atoms with van der Waals surface area (Å²) < 4.78 is 5.51. The van der Waals surface area contributed by atoms with Crippen molar-refractivity contribution in [3.05, 3.63) is 22.4 Å². The van der Waals surface area contributed by atoms with Gasteiger partial charge in [0.05, 0.1) is 19.3 Å². The Bertz CT molecular complexity index is 601. The van der Waals surface area contributed by atoms with Gasteiger partial charge in [-0.1, -0.05) is 6.07 Å². The third kappa shape index (κ3) is 6.85. The predicted octanol–water partition coefficient (Wildman–Crippen LogP) is 1.92. The van der Waals surface area contributed by atoms with Crippen LogP contribution in [0.1, 0.15) is 30.7 Å². The zero-order valence-electron chi connectivity index (χ0n) is 16.6. The molecule has 1 unspecified atom stereocenters. The summed E-state index contributed by atoms with van der Waals surface area (Å²) in [6.07, 6.45) is 2.21. The van der Waals surface area contributed by atoms with Crippen LogP contribution in [0.15, 0.2) is 22.5 Å². The summed E-state index contributed by atoms with van der Waals surface area (Å²) >= 11 is 1.78. The lowest BCUT2D eigenvalue weighted by atomic mass is 10.2. The monoisotopic (exact) mass is 521 g/mol. The van der Waals surface area contributed by atoms with Gasteiger partial charge in [-0.05, 0) is 31.2 Å². The molecule has 0 bridgehead atoms. The number of nitrogens with zero attached hydrogens (tertiary/aromatic N) is 3. The Morgan fingerprint density at radius 1 is 1.25 bits per heavy atom. The molecule has 0 aromatic carbocycles. The van der Waals surface area contributed by atoms with E-state index in [1.54, 1.807) is 11.3 Å². The average molecular weight is 521 g/mol. The number of ether oxygens (including phenoxy) is 1. The largest absolute Gasteiger partial charge is 0.379 e. The molecular weight excluding hydrogens is 489 g/mol. The van der Waals surface area contributed by atoms with Crippen LogP contribution >= 0.6 is 35.3 Å². The number of aliphatic imine (C=N–C) groups is 1. The third-order valence-electron chi connectivity index (χ3n) is 5.00. The molecule has 0 saturated carbocycles. The van der Waals surface area contributed by atoms with Crippen LogP contribution in [0.2, 0.25) is 0 Å². The average Bonchev–Trinajstić information content (AvgIpc) is 3.41. The first kappa shape index (κ1) is 23.4. The van der Waals surface area contributed by atoms with Crippen LogP contribution in [0.3, 0.4) is 0 Å². The summed E-state index contributed by atoms with van der Waals surface area (Å²) in [6.45, 7) is 8.94. The van der Waals surface area contributed by atoms with E-state index >= 15 is 0 Å². The number of halogens is 1. The van der Waals surface area contributed by atoms with E-state index in [1.807, 2.05) is 11.8 Å². The zero-order chi connectivity index (χ0) is 18.9. The third-order valence-corrected chi connectivity index (χ3v) is 5.97.